The van der Waals surface area contributed by atoms with Crippen molar-refractivity contribution in [2.45, 2.75) is 65.1 Å². The number of aliphatic hydroxyl groups excluding tert-OH is 2. The van der Waals surface area contributed by atoms with Crippen LogP contribution in [0.5, 0.6) is 0 Å². The zero-order valence-corrected chi connectivity index (χ0v) is 17.0. The molecule has 0 aliphatic heterocycles. The van der Waals surface area contributed by atoms with Gasteiger partial charge in [0.1, 0.15) is 5.60 Å². The van der Waals surface area contributed by atoms with E-state index in [2.05, 4.69) is 0 Å². The highest BCUT2D eigenvalue weighted by molar-refractivity contribution is 6.00. The number of Topliss-reactive ketones (excluding diaryl/α,β-unsaturated/α-hetero) is 1. The van der Waals surface area contributed by atoms with E-state index < -0.39 is 34.4 Å². The smallest absolute Gasteiger partial charge is 0.167 e. The van der Waals surface area contributed by atoms with Gasteiger partial charge in [-0.1, -0.05) is 27.2 Å². The topological polar surface area (TPSA) is 115 Å². The third kappa shape index (κ3) is 3.36. The molecule has 2 aliphatic rings. The zero-order valence-electron chi connectivity index (χ0n) is 17.0. The fraction of sp³-hybridized carbons (Fsp3) is 0.810. The second-order valence-corrected chi connectivity index (χ2v) is 9.32. The molecule has 2 rings (SSSR count). The van der Waals surface area contributed by atoms with E-state index in [-0.39, 0.29) is 36.4 Å². The van der Waals surface area contributed by atoms with E-state index in [0.29, 0.717) is 19.1 Å². The van der Waals surface area contributed by atoms with Crippen molar-refractivity contribution in [1.29, 1.82) is 0 Å². The third-order valence-corrected chi connectivity index (χ3v) is 7.23. The Morgan fingerprint density at radius 1 is 1.26 bits per heavy atom. The van der Waals surface area contributed by atoms with Gasteiger partial charge < -0.3 is 20.4 Å². The maximum atomic E-state index is 13.3. The summed E-state index contributed by atoms with van der Waals surface area (Å²) in [7, 11) is 0. The average molecular weight is 382 g/mol. The largest absolute Gasteiger partial charge is 0.515 e. The van der Waals surface area contributed by atoms with Gasteiger partial charge in [0.05, 0.1) is 11.9 Å². The average Bonchev–Trinajstić information content (AvgIpc) is 2.55. The molecular weight excluding hydrogens is 348 g/mol. The molecule has 0 aromatic heterocycles. The summed E-state index contributed by atoms with van der Waals surface area (Å²) in [5.41, 5.74) is -4.01. The fourth-order valence-corrected chi connectivity index (χ4v) is 6.47. The van der Waals surface area contributed by atoms with Crippen LogP contribution in [0, 0.1) is 35.0 Å². The van der Waals surface area contributed by atoms with E-state index in [9.17, 15) is 30.0 Å². The van der Waals surface area contributed by atoms with Crippen LogP contribution in [0.2, 0.25) is 0 Å². The van der Waals surface area contributed by atoms with Crippen LogP contribution in [-0.4, -0.2) is 49.8 Å². The van der Waals surface area contributed by atoms with Crippen LogP contribution in [0.15, 0.2) is 12.3 Å². The quantitative estimate of drug-likeness (QED) is 0.427. The molecule has 0 saturated heterocycles. The van der Waals surface area contributed by atoms with Gasteiger partial charge in [0, 0.05) is 29.9 Å². The maximum Gasteiger partial charge on any atom is 0.167 e. The molecule has 0 unspecified atom stereocenters. The minimum atomic E-state index is -1.81. The van der Waals surface area contributed by atoms with Crippen LogP contribution in [-0.2, 0) is 9.59 Å². The number of ketones is 2. The standard InChI is InChI=1S/C21H34O6/c1-6-13(11-23)17-20(4,15(24)7-8-22)16-12(2)9-19(3,26)10-14(16)18(25)21(17,5)27/h7-8,12-14,16-17,22-23,26-27H,6,9-11H2,1-5H3/b8-7-/t12-,13+,14+,16+,17-,19-,20-,21+/m1/s1. The summed E-state index contributed by atoms with van der Waals surface area (Å²) in [6, 6.07) is 0. The molecule has 2 saturated carbocycles. The Balaban J connectivity index is 2.74. The number of hydrogen-bond donors (Lipinski definition) is 4. The lowest BCUT2D eigenvalue weighted by atomic mass is 9.42. The fourth-order valence-electron chi connectivity index (χ4n) is 6.47. The van der Waals surface area contributed by atoms with Gasteiger partial charge in [0.25, 0.3) is 0 Å². The molecule has 0 aromatic rings. The molecule has 27 heavy (non-hydrogen) atoms. The Labute approximate surface area is 161 Å². The lowest BCUT2D eigenvalue weighted by molar-refractivity contribution is -0.205. The van der Waals surface area contributed by atoms with Gasteiger partial charge in [0.2, 0.25) is 0 Å². The van der Waals surface area contributed by atoms with E-state index in [1.807, 2.05) is 13.8 Å². The monoisotopic (exact) mass is 382 g/mol. The van der Waals surface area contributed by atoms with Crippen molar-refractivity contribution in [3.05, 3.63) is 12.3 Å². The summed E-state index contributed by atoms with van der Waals surface area (Å²) < 4.78 is 0. The van der Waals surface area contributed by atoms with Crippen LogP contribution in [0.3, 0.4) is 0 Å². The highest BCUT2D eigenvalue weighted by Crippen LogP contribution is 2.61. The molecule has 0 radical (unpaired) electrons. The first-order valence-electron chi connectivity index (χ1n) is 9.83. The lowest BCUT2D eigenvalue weighted by Crippen LogP contribution is -2.69. The van der Waals surface area contributed by atoms with Gasteiger partial charge in [-0.3, -0.25) is 9.59 Å². The molecule has 8 atom stereocenters. The molecule has 4 N–H and O–H groups in total. The second-order valence-electron chi connectivity index (χ2n) is 9.32. The van der Waals surface area contributed by atoms with Gasteiger partial charge in [-0.15, -0.1) is 0 Å². The SMILES string of the molecule is CC[C@@H](CO)[C@@H]1[C@](C)(C(=O)/C=C\O)[C@H]2[C@H](C)C[C@@](C)(O)C[C@@H]2C(=O)[C@@]1(C)O. The minimum Gasteiger partial charge on any atom is -0.515 e. The molecule has 0 heterocycles. The van der Waals surface area contributed by atoms with E-state index in [0.717, 1.165) is 6.08 Å². The summed E-state index contributed by atoms with van der Waals surface area (Å²) >= 11 is 0. The number of carbonyl (C=O) groups excluding carboxylic acids is 2. The Bertz CT molecular complexity index is 618. The second kappa shape index (κ2) is 7.30. The molecule has 2 fully saturated rings. The van der Waals surface area contributed by atoms with E-state index in [1.165, 1.54) is 6.92 Å². The Kier molecular flexibility index (Phi) is 5.96. The number of allylic oxidation sites excluding steroid dienone is 1. The summed E-state index contributed by atoms with van der Waals surface area (Å²) in [4.78, 5) is 26.5. The van der Waals surface area contributed by atoms with Crippen molar-refractivity contribution in [3.8, 4) is 0 Å². The Hall–Kier alpha value is -1.24. The molecule has 154 valence electrons. The van der Waals surface area contributed by atoms with Crippen LogP contribution < -0.4 is 0 Å². The van der Waals surface area contributed by atoms with E-state index in [4.69, 9.17) is 0 Å². The number of hydrogen-bond acceptors (Lipinski definition) is 6. The van der Waals surface area contributed by atoms with Gasteiger partial charge in [-0.2, -0.15) is 0 Å². The van der Waals surface area contributed by atoms with Crippen LogP contribution in [0.1, 0.15) is 53.9 Å². The van der Waals surface area contributed by atoms with Crippen molar-refractivity contribution in [2.24, 2.45) is 35.0 Å². The highest BCUT2D eigenvalue weighted by Gasteiger charge is 2.67. The van der Waals surface area contributed by atoms with Crippen molar-refractivity contribution in [3.63, 3.8) is 0 Å². The summed E-state index contributed by atoms with van der Waals surface area (Å²) in [6.45, 7) is 8.38. The molecule has 0 amide bonds. The molecule has 0 bridgehead atoms. The van der Waals surface area contributed by atoms with Crippen molar-refractivity contribution >= 4 is 11.6 Å². The van der Waals surface area contributed by atoms with Crippen LogP contribution >= 0.6 is 0 Å². The van der Waals surface area contributed by atoms with Gasteiger partial charge in [-0.05, 0) is 44.4 Å². The predicted molar refractivity (Wildman–Crippen MR) is 101 cm³/mol. The first kappa shape index (κ1) is 22.1. The van der Waals surface area contributed by atoms with E-state index >= 15 is 0 Å². The zero-order chi connectivity index (χ0) is 20.8. The van der Waals surface area contributed by atoms with Crippen LogP contribution in [0.25, 0.3) is 0 Å². The highest BCUT2D eigenvalue weighted by atomic mass is 16.3. The first-order chi connectivity index (χ1) is 12.4. The summed E-state index contributed by atoms with van der Waals surface area (Å²) in [6.07, 6.45) is 2.90. The van der Waals surface area contributed by atoms with Gasteiger partial charge in [-0.25, -0.2) is 0 Å². The molecule has 0 spiro atoms. The maximum absolute atomic E-state index is 13.3. The van der Waals surface area contributed by atoms with Crippen molar-refractivity contribution < 1.29 is 30.0 Å². The van der Waals surface area contributed by atoms with Crippen molar-refractivity contribution in [1.82, 2.24) is 0 Å². The minimum absolute atomic E-state index is 0.140. The number of carbonyl (C=O) groups is 2. The summed E-state index contributed by atoms with van der Waals surface area (Å²) in [5, 5.41) is 41.1. The van der Waals surface area contributed by atoms with Gasteiger partial charge in [0.15, 0.2) is 11.6 Å². The molecule has 6 heteroatoms. The number of fused-ring (bicyclic) bond motifs is 1. The van der Waals surface area contributed by atoms with E-state index in [1.54, 1.807) is 13.8 Å². The van der Waals surface area contributed by atoms with Gasteiger partial charge >= 0.3 is 0 Å². The number of rotatable bonds is 5. The molecule has 2 aliphatic carbocycles. The lowest BCUT2D eigenvalue weighted by Gasteiger charge is -2.61. The molecule has 6 nitrogen and oxygen atoms in total. The third-order valence-electron chi connectivity index (χ3n) is 7.23. The summed E-state index contributed by atoms with van der Waals surface area (Å²) in [5.74, 6) is -3.15. The Morgan fingerprint density at radius 2 is 1.85 bits per heavy atom. The van der Waals surface area contributed by atoms with Crippen molar-refractivity contribution in [2.75, 3.05) is 6.61 Å². The molecule has 0 aromatic carbocycles. The Morgan fingerprint density at radius 3 is 2.33 bits per heavy atom. The van der Waals surface area contributed by atoms with Crippen LogP contribution in [0.4, 0.5) is 0 Å². The molecular formula is C21H34O6. The first-order valence-corrected chi connectivity index (χ1v) is 9.83. The normalized spacial score (nSPS) is 46.3. The predicted octanol–water partition coefficient (Wildman–Crippen LogP) is 2.02. The number of aliphatic hydroxyl groups is 4.